The van der Waals surface area contributed by atoms with E-state index < -0.39 is 0 Å². The number of hydrogen-bond acceptors (Lipinski definition) is 8. The Morgan fingerprint density at radius 1 is 1.03 bits per heavy atom. The number of benzene rings is 2. The third-order valence-corrected chi connectivity index (χ3v) is 8.54. The molecule has 1 aliphatic heterocycles. The third kappa shape index (κ3) is 6.22. The molecule has 0 atom stereocenters. The molecular formula is C26H24Cl2N6O3S2. The SMILES string of the molecule is CCOC(=O)N1CCN(C(=O)c2csc(CSc3nnc(-c4ccccc4Cl)n3-c3cccc(Cl)c3)n2)CC1. The lowest BCUT2D eigenvalue weighted by atomic mass is 10.2. The predicted molar refractivity (Wildman–Crippen MR) is 153 cm³/mol. The van der Waals surface area contributed by atoms with Crippen molar-refractivity contribution in [2.45, 2.75) is 17.8 Å². The van der Waals surface area contributed by atoms with Gasteiger partial charge in [0.05, 0.1) is 23.1 Å². The molecule has 0 N–H and O–H groups in total. The van der Waals surface area contributed by atoms with Crippen molar-refractivity contribution >= 4 is 58.3 Å². The van der Waals surface area contributed by atoms with Crippen molar-refractivity contribution in [3.63, 3.8) is 0 Å². The van der Waals surface area contributed by atoms with Gasteiger partial charge in [-0.3, -0.25) is 9.36 Å². The number of hydrogen-bond donors (Lipinski definition) is 0. The molecule has 1 saturated heterocycles. The van der Waals surface area contributed by atoms with Crippen LogP contribution in [0, 0.1) is 0 Å². The quantitative estimate of drug-likeness (QED) is 0.243. The van der Waals surface area contributed by atoms with Crippen molar-refractivity contribution < 1.29 is 14.3 Å². The molecule has 2 aromatic carbocycles. The highest BCUT2D eigenvalue weighted by atomic mass is 35.5. The molecule has 13 heteroatoms. The number of rotatable bonds is 7. The highest BCUT2D eigenvalue weighted by Crippen LogP contribution is 2.34. The van der Waals surface area contributed by atoms with Gasteiger partial charge in [-0.15, -0.1) is 21.5 Å². The highest BCUT2D eigenvalue weighted by molar-refractivity contribution is 7.98. The summed E-state index contributed by atoms with van der Waals surface area (Å²) in [6, 6.07) is 14.9. The number of carbonyl (C=O) groups excluding carboxylic acids is 2. The summed E-state index contributed by atoms with van der Waals surface area (Å²) in [6.07, 6.45) is -0.346. The van der Waals surface area contributed by atoms with E-state index in [2.05, 4.69) is 15.2 Å². The van der Waals surface area contributed by atoms with E-state index in [1.54, 1.807) is 22.1 Å². The number of halogens is 2. The lowest BCUT2D eigenvalue weighted by Gasteiger charge is -2.33. The van der Waals surface area contributed by atoms with Crippen LogP contribution in [-0.4, -0.2) is 74.3 Å². The molecule has 1 aliphatic rings. The number of carbonyl (C=O) groups is 2. The Kier molecular flexibility index (Phi) is 8.71. The Bertz CT molecular complexity index is 1490. The molecule has 3 heterocycles. The number of amides is 2. The monoisotopic (exact) mass is 602 g/mol. The standard InChI is InChI=1S/C26H24Cl2N6O3S2/c1-2-37-26(36)33-12-10-32(11-13-33)24(35)21-15-38-22(29-21)16-39-25-31-30-23(19-8-3-4-9-20(19)28)34(25)18-7-5-6-17(27)14-18/h3-9,14-15H,2,10-13,16H2,1H3. The minimum atomic E-state index is -0.346. The average Bonchev–Trinajstić information content (AvgIpc) is 3.59. The van der Waals surface area contributed by atoms with Gasteiger partial charge in [0.15, 0.2) is 11.0 Å². The van der Waals surface area contributed by atoms with Crippen molar-refractivity contribution in [3.8, 4) is 17.1 Å². The number of nitrogens with zero attached hydrogens (tertiary/aromatic N) is 6. The van der Waals surface area contributed by atoms with E-state index >= 15 is 0 Å². The van der Waals surface area contributed by atoms with Crippen LogP contribution in [0.4, 0.5) is 4.79 Å². The third-order valence-electron chi connectivity index (χ3n) is 6.00. The summed E-state index contributed by atoms with van der Waals surface area (Å²) in [5.41, 5.74) is 1.96. The van der Waals surface area contributed by atoms with Gasteiger partial charge in [0.2, 0.25) is 0 Å². The van der Waals surface area contributed by atoms with Gasteiger partial charge < -0.3 is 14.5 Å². The number of thioether (sulfide) groups is 1. The molecule has 0 saturated carbocycles. The molecule has 5 rings (SSSR count). The maximum atomic E-state index is 13.0. The first-order valence-corrected chi connectivity index (χ1v) is 14.8. The van der Waals surface area contributed by atoms with Gasteiger partial charge in [0.1, 0.15) is 10.7 Å². The van der Waals surface area contributed by atoms with Crippen molar-refractivity contribution in [2.75, 3.05) is 32.8 Å². The molecule has 39 heavy (non-hydrogen) atoms. The Hall–Kier alpha value is -3.12. The van der Waals surface area contributed by atoms with Gasteiger partial charge >= 0.3 is 6.09 Å². The van der Waals surface area contributed by atoms with E-state index in [1.807, 2.05) is 53.1 Å². The normalized spacial score (nSPS) is 13.5. The van der Waals surface area contributed by atoms with E-state index in [0.717, 1.165) is 16.3 Å². The lowest BCUT2D eigenvalue weighted by molar-refractivity contribution is 0.0566. The van der Waals surface area contributed by atoms with Crippen molar-refractivity contribution in [3.05, 3.63) is 74.7 Å². The minimum absolute atomic E-state index is 0.144. The molecule has 2 amide bonds. The van der Waals surface area contributed by atoms with Gasteiger partial charge in [0, 0.05) is 42.1 Å². The maximum Gasteiger partial charge on any atom is 0.409 e. The van der Waals surface area contributed by atoms with Crippen LogP contribution in [0.2, 0.25) is 10.0 Å². The maximum absolute atomic E-state index is 13.0. The molecular weight excluding hydrogens is 579 g/mol. The van der Waals surface area contributed by atoms with Crippen LogP contribution in [0.1, 0.15) is 22.4 Å². The lowest BCUT2D eigenvalue weighted by Crippen LogP contribution is -2.50. The zero-order chi connectivity index (χ0) is 27.4. The summed E-state index contributed by atoms with van der Waals surface area (Å²) < 4.78 is 6.97. The van der Waals surface area contributed by atoms with E-state index in [9.17, 15) is 9.59 Å². The number of aromatic nitrogens is 4. The Morgan fingerprint density at radius 3 is 2.54 bits per heavy atom. The number of ether oxygens (including phenoxy) is 1. The Morgan fingerprint density at radius 2 is 1.79 bits per heavy atom. The number of thiazole rings is 1. The Labute approximate surface area is 243 Å². The topological polar surface area (TPSA) is 93.5 Å². The zero-order valence-electron chi connectivity index (χ0n) is 20.9. The molecule has 0 bridgehead atoms. The minimum Gasteiger partial charge on any atom is -0.450 e. The zero-order valence-corrected chi connectivity index (χ0v) is 24.1. The summed E-state index contributed by atoms with van der Waals surface area (Å²) in [7, 11) is 0. The first-order valence-electron chi connectivity index (χ1n) is 12.2. The van der Waals surface area contributed by atoms with E-state index in [1.165, 1.54) is 23.1 Å². The molecule has 2 aromatic heterocycles. The molecule has 0 unspecified atom stereocenters. The Balaban J connectivity index is 1.30. The van der Waals surface area contributed by atoms with Gasteiger partial charge in [-0.1, -0.05) is 53.2 Å². The largest absolute Gasteiger partial charge is 0.450 e. The highest BCUT2D eigenvalue weighted by Gasteiger charge is 2.27. The van der Waals surface area contributed by atoms with Crippen LogP contribution in [0.3, 0.4) is 0 Å². The van der Waals surface area contributed by atoms with Crippen LogP contribution in [0.25, 0.3) is 17.1 Å². The number of piperazine rings is 1. The van der Waals surface area contributed by atoms with Crippen LogP contribution < -0.4 is 0 Å². The van der Waals surface area contributed by atoms with Gasteiger partial charge in [-0.2, -0.15) is 0 Å². The first-order chi connectivity index (χ1) is 18.9. The van der Waals surface area contributed by atoms with Crippen molar-refractivity contribution in [1.29, 1.82) is 0 Å². The first kappa shape index (κ1) is 27.4. The second-order valence-corrected chi connectivity index (χ2v) is 11.2. The fourth-order valence-corrected chi connectivity index (χ4v) is 6.24. The summed E-state index contributed by atoms with van der Waals surface area (Å²) in [4.78, 5) is 32.9. The fraction of sp³-hybridized carbons (Fsp3) is 0.269. The smallest absolute Gasteiger partial charge is 0.409 e. The molecule has 202 valence electrons. The molecule has 9 nitrogen and oxygen atoms in total. The average molecular weight is 604 g/mol. The van der Waals surface area contributed by atoms with Crippen LogP contribution in [0.5, 0.6) is 0 Å². The van der Waals surface area contributed by atoms with Gasteiger partial charge in [-0.05, 0) is 37.3 Å². The molecule has 4 aromatic rings. The van der Waals surface area contributed by atoms with E-state index in [0.29, 0.717) is 65.3 Å². The molecule has 1 fully saturated rings. The van der Waals surface area contributed by atoms with Crippen molar-refractivity contribution in [1.82, 2.24) is 29.5 Å². The van der Waals surface area contributed by atoms with Crippen LogP contribution >= 0.6 is 46.3 Å². The second-order valence-electron chi connectivity index (χ2n) is 8.49. The van der Waals surface area contributed by atoms with E-state index in [-0.39, 0.29) is 12.0 Å². The molecule has 0 radical (unpaired) electrons. The fourth-order valence-electron chi connectivity index (χ4n) is 4.10. The van der Waals surface area contributed by atoms with Crippen LogP contribution in [-0.2, 0) is 10.5 Å². The van der Waals surface area contributed by atoms with Gasteiger partial charge in [-0.25, -0.2) is 9.78 Å². The molecule has 0 aliphatic carbocycles. The van der Waals surface area contributed by atoms with Gasteiger partial charge in [0.25, 0.3) is 5.91 Å². The summed E-state index contributed by atoms with van der Waals surface area (Å²) in [6.45, 7) is 3.84. The predicted octanol–water partition coefficient (Wildman–Crippen LogP) is 5.90. The molecule has 0 spiro atoms. The van der Waals surface area contributed by atoms with Crippen molar-refractivity contribution in [2.24, 2.45) is 0 Å². The summed E-state index contributed by atoms with van der Waals surface area (Å²) >= 11 is 15.7. The summed E-state index contributed by atoms with van der Waals surface area (Å²) in [5.74, 6) is 0.951. The van der Waals surface area contributed by atoms with Crippen LogP contribution in [0.15, 0.2) is 59.1 Å². The second kappa shape index (κ2) is 12.4. The summed E-state index contributed by atoms with van der Waals surface area (Å²) in [5, 5.41) is 13.2. The van der Waals surface area contributed by atoms with E-state index in [4.69, 9.17) is 27.9 Å².